The fourth-order valence-corrected chi connectivity index (χ4v) is 9.47. The average Bonchev–Trinajstić information content (AvgIpc) is 3.85. The number of carbonyl (C=O) groups excluding carboxylic acids is 1. The fraction of sp³-hybridized carbons (Fsp3) is 0.500. The molecule has 3 aromatic carbocycles. The highest BCUT2D eigenvalue weighted by atomic mass is 16.5. The van der Waals surface area contributed by atoms with Crippen molar-refractivity contribution in [1.82, 2.24) is 30.0 Å². The van der Waals surface area contributed by atoms with E-state index in [9.17, 15) is 9.90 Å². The molecule has 2 N–H and O–H groups in total. The van der Waals surface area contributed by atoms with Crippen molar-refractivity contribution >= 4 is 33.5 Å². The summed E-state index contributed by atoms with van der Waals surface area (Å²) in [5.74, 6) is 1.12. The number of likely N-dealkylation sites (N-methyl/N-ethyl adjacent to an activating group) is 1. The first kappa shape index (κ1) is 29.9. The lowest BCUT2D eigenvalue weighted by Crippen LogP contribution is -2.59. The van der Waals surface area contributed by atoms with Crippen LogP contribution in [0.2, 0.25) is 0 Å². The highest BCUT2D eigenvalue weighted by Gasteiger charge is 2.46. The summed E-state index contributed by atoms with van der Waals surface area (Å²) in [4.78, 5) is 33.1. The van der Waals surface area contributed by atoms with Crippen molar-refractivity contribution in [3.8, 4) is 22.9 Å². The van der Waals surface area contributed by atoms with E-state index in [4.69, 9.17) is 14.7 Å². The van der Waals surface area contributed by atoms with Crippen molar-refractivity contribution in [2.45, 2.75) is 68.6 Å². The van der Waals surface area contributed by atoms with Crippen LogP contribution in [-0.4, -0.2) is 112 Å². The van der Waals surface area contributed by atoms with E-state index in [1.165, 1.54) is 12.8 Å². The molecular weight excluding hydrogens is 602 g/mol. The summed E-state index contributed by atoms with van der Waals surface area (Å²) >= 11 is 0. The molecule has 0 aliphatic carbocycles. The number of phenols is 1. The van der Waals surface area contributed by atoms with Gasteiger partial charge in [-0.3, -0.25) is 4.90 Å². The highest BCUT2D eigenvalue weighted by molar-refractivity contribution is 6.01. The predicted molar refractivity (Wildman–Crippen MR) is 188 cm³/mol. The molecule has 0 spiro atoms. The molecule has 0 saturated carbocycles. The summed E-state index contributed by atoms with van der Waals surface area (Å²) in [6.45, 7) is 6.30. The van der Waals surface area contributed by atoms with Crippen LogP contribution in [0.15, 0.2) is 54.6 Å². The zero-order valence-electron chi connectivity index (χ0n) is 27.8. The maximum Gasteiger partial charge on any atom is 0.319 e. The van der Waals surface area contributed by atoms with E-state index in [1.54, 1.807) is 6.07 Å². The number of hydrogen-bond donors (Lipinski definition) is 2. The maximum absolute atomic E-state index is 13.5. The molecule has 9 rings (SSSR count). The van der Waals surface area contributed by atoms with Crippen molar-refractivity contribution < 1.29 is 14.6 Å². The van der Waals surface area contributed by atoms with Gasteiger partial charge >= 0.3 is 12.0 Å². The van der Waals surface area contributed by atoms with Crippen LogP contribution in [0.25, 0.3) is 32.8 Å². The Labute approximate surface area is 281 Å². The van der Waals surface area contributed by atoms with Gasteiger partial charge in [0.1, 0.15) is 18.2 Å². The van der Waals surface area contributed by atoms with Crippen molar-refractivity contribution in [3.63, 3.8) is 0 Å². The Hall–Kier alpha value is -4.15. The summed E-state index contributed by atoms with van der Waals surface area (Å²) in [6, 6.07) is 19.1. The molecule has 5 aliphatic heterocycles. The first-order valence-electron chi connectivity index (χ1n) is 17.9. The number of carbonyl (C=O) groups is 1. The summed E-state index contributed by atoms with van der Waals surface area (Å²) in [6.07, 6.45) is 7.75. The van der Waals surface area contributed by atoms with Crippen molar-refractivity contribution in [3.05, 3.63) is 54.6 Å². The van der Waals surface area contributed by atoms with Gasteiger partial charge in [-0.05, 0) is 118 Å². The van der Waals surface area contributed by atoms with Gasteiger partial charge in [-0.2, -0.15) is 9.97 Å². The predicted octanol–water partition coefficient (Wildman–Crippen LogP) is 5.23. The molecule has 0 unspecified atom stereocenters. The second-order valence-corrected chi connectivity index (χ2v) is 14.9. The number of fused-ring (bicyclic) bond motifs is 5. The number of nitrogens with zero attached hydrogens (tertiary/aromatic N) is 6. The van der Waals surface area contributed by atoms with Crippen LogP contribution >= 0.6 is 0 Å². The van der Waals surface area contributed by atoms with Crippen LogP contribution in [0.1, 0.15) is 44.9 Å². The molecule has 1 aromatic heterocycles. The number of phenolic OH excluding ortho intramolecular Hbond substituents is 1. The van der Waals surface area contributed by atoms with Gasteiger partial charge in [0, 0.05) is 31.1 Å². The van der Waals surface area contributed by atoms with Gasteiger partial charge in [-0.1, -0.05) is 30.3 Å². The van der Waals surface area contributed by atoms with Crippen molar-refractivity contribution in [1.29, 1.82) is 0 Å². The van der Waals surface area contributed by atoms with E-state index in [1.807, 2.05) is 24.3 Å². The topological polar surface area (TPSA) is 97.3 Å². The molecule has 5 fully saturated rings. The van der Waals surface area contributed by atoms with E-state index in [-0.39, 0.29) is 35.4 Å². The lowest BCUT2D eigenvalue weighted by atomic mass is 9.95. The normalized spacial score (nSPS) is 25.3. The molecule has 3 atom stereocenters. The third-order valence-corrected chi connectivity index (χ3v) is 11.8. The van der Waals surface area contributed by atoms with Crippen LogP contribution < -0.4 is 15.0 Å². The number of aromatic hydroxyl groups is 1. The lowest BCUT2D eigenvalue weighted by molar-refractivity contribution is 0.108. The molecule has 5 saturated heterocycles. The number of rotatable bonds is 6. The molecular formula is C38H45N7O3. The second kappa shape index (κ2) is 11.8. The zero-order chi connectivity index (χ0) is 32.4. The number of ether oxygens (including phenoxy) is 1. The van der Waals surface area contributed by atoms with Crippen LogP contribution in [0.3, 0.4) is 0 Å². The SMILES string of the molecule is CN1CC[C@H](NC(=O)N2[C@@H]3CC[C@H]2CN(c2nc(OCC45CCCN4CCC5)nc4cc(-c5cc(O)cc6ccccc56)ccc24)C3)C1. The summed E-state index contributed by atoms with van der Waals surface area (Å²) < 4.78 is 6.57. The minimum Gasteiger partial charge on any atom is -0.508 e. The lowest BCUT2D eigenvalue weighted by Gasteiger charge is -2.42. The van der Waals surface area contributed by atoms with Crippen LogP contribution in [0.5, 0.6) is 11.8 Å². The Morgan fingerprint density at radius 1 is 0.938 bits per heavy atom. The van der Waals surface area contributed by atoms with Gasteiger partial charge in [0.2, 0.25) is 0 Å². The fourth-order valence-electron chi connectivity index (χ4n) is 9.47. The number of hydrogen-bond acceptors (Lipinski definition) is 8. The Balaban J connectivity index is 1.06. The Bertz CT molecular complexity index is 1860. The zero-order valence-corrected chi connectivity index (χ0v) is 27.8. The van der Waals surface area contributed by atoms with Gasteiger partial charge in [0.05, 0.1) is 23.1 Å². The van der Waals surface area contributed by atoms with E-state index in [2.05, 4.69) is 56.2 Å². The summed E-state index contributed by atoms with van der Waals surface area (Å²) in [5, 5.41) is 17.0. The number of benzene rings is 3. The number of likely N-dealkylation sites (tertiary alicyclic amines) is 1. The number of anilines is 1. The standard InChI is InChI=1S/C38H45N7O3/c1-42-17-12-27(21-42)39-37(47)45-28-9-10-29(45)23-43(22-28)35-32-11-8-26(33-20-30(46)18-25-6-2-3-7-31(25)33)19-34(32)40-36(41-35)48-24-38-13-4-15-44(38)16-5-14-38/h2-3,6-8,11,18-20,27-29,46H,4-5,9-10,12-17,21-24H2,1H3,(H,39,47)/t27-,28-,29+/m0/s1. The van der Waals surface area contributed by atoms with Crippen LogP contribution in [0, 0.1) is 0 Å². The smallest absolute Gasteiger partial charge is 0.319 e. The third kappa shape index (κ3) is 5.20. The van der Waals surface area contributed by atoms with Crippen LogP contribution in [0.4, 0.5) is 10.6 Å². The number of amides is 2. The first-order chi connectivity index (χ1) is 23.4. The molecule has 4 aromatic rings. The molecule has 2 amide bonds. The molecule has 48 heavy (non-hydrogen) atoms. The molecule has 6 heterocycles. The quantitative estimate of drug-likeness (QED) is 0.294. The Kier molecular flexibility index (Phi) is 7.34. The van der Waals surface area contributed by atoms with Gasteiger partial charge in [0.25, 0.3) is 0 Å². The summed E-state index contributed by atoms with van der Waals surface area (Å²) in [7, 11) is 2.12. The Morgan fingerprint density at radius 2 is 1.73 bits per heavy atom. The van der Waals surface area contributed by atoms with E-state index in [0.29, 0.717) is 12.6 Å². The second-order valence-electron chi connectivity index (χ2n) is 14.9. The summed E-state index contributed by atoms with van der Waals surface area (Å²) in [5.41, 5.74) is 2.87. The van der Waals surface area contributed by atoms with E-state index < -0.39 is 0 Å². The first-order valence-corrected chi connectivity index (χ1v) is 17.9. The molecule has 10 heteroatoms. The molecule has 250 valence electrons. The average molecular weight is 648 g/mol. The number of piperazine rings is 1. The van der Waals surface area contributed by atoms with Crippen molar-refractivity contribution in [2.75, 3.05) is 57.8 Å². The molecule has 0 radical (unpaired) electrons. The van der Waals surface area contributed by atoms with Gasteiger partial charge in [-0.15, -0.1) is 0 Å². The molecule has 10 nitrogen and oxygen atoms in total. The monoisotopic (exact) mass is 647 g/mol. The number of aromatic nitrogens is 2. The van der Waals surface area contributed by atoms with Crippen molar-refractivity contribution in [2.24, 2.45) is 0 Å². The molecule has 2 bridgehead atoms. The number of urea groups is 1. The highest BCUT2D eigenvalue weighted by Crippen LogP contribution is 2.41. The Morgan fingerprint density at radius 3 is 2.50 bits per heavy atom. The van der Waals surface area contributed by atoms with Gasteiger partial charge in [0.15, 0.2) is 0 Å². The minimum atomic E-state index is 0.0823. The third-order valence-electron chi connectivity index (χ3n) is 11.8. The number of nitrogens with one attached hydrogen (secondary N) is 1. The minimum absolute atomic E-state index is 0.0823. The van der Waals surface area contributed by atoms with Crippen LogP contribution in [-0.2, 0) is 0 Å². The van der Waals surface area contributed by atoms with E-state index >= 15 is 0 Å². The molecule has 5 aliphatic rings. The largest absolute Gasteiger partial charge is 0.508 e. The maximum atomic E-state index is 13.5. The van der Waals surface area contributed by atoms with Gasteiger partial charge in [-0.25, -0.2) is 4.79 Å². The van der Waals surface area contributed by atoms with Gasteiger partial charge < -0.3 is 29.9 Å². The van der Waals surface area contributed by atoms with E-state index in [0.717, 1.165) is 110 Å².